The molecule has 3 aromatic carbocycles. The molecule has 43 heavy (non-hydrogen) atoms. The van der Waals surface area contributed by atoms with E-state index in [2.05, 4.69) is 0 Å². The van der Waals surface area contributed by atoms with Gasteiger partial charge >= 0.3 is 0 Å². The minimum absolute atomic E-state index is 0.0632. The summed E-state index contributed by atoms with van der Waals surface area (Å²) in [5, 5.41) is 4.51. The van der Waals surface area contributed by atoms with E-state index in [-0.39, 0.29) is 42.1 Å². The van der Waals surface area contributed by atoms with Gasteiger partial charge in [-0.15, -0.1) is 11.8 Å². The first kappa shape index (κ1) is 28.9. The number of morpholine rings is 1. The fraction of sp³-hybridized carbons (Fsp3) is 0.303. The minimum atomic E-state index is -0.550. The Morgan fingerprint density at radius 2 is 1.67 bits per heavy atom. The summed E-state index contributed by atoms with van der Waals surface area (Å²) in [7, 11) is 1.60. The van der Waals surface area contributed by atoms with E-state index in [1.807, 2.05) is 68.4 Å². The summed E-state index contributed by atoms with van der Waals surface area (Å²) in [4.78, 5) is 31.1. The Morgan fingerprint density at radius 1 is 1.00 bits per heavy atom. The summed E-state index contributed by atoms with van der Waals surface area (Å²) in [6.07, 6.45) is -0.225. The fourth-order valence-electron chi connectivity index (χ4n) is 5.78. The van der Waals surface area contributed by atoms with E-state index >= 15 is 4.39 Å². The first-order chi connectivity index (χ1) is 20.8. The Morgan fingerprint density at radius 3 is 2.35 bits per heavy atom. The summed E-state index contributed by atoms with van der Waals surface area (Å²) >= 11 is 1.34. The van der Waals surface area contributed by atoms with Crippen LogP contribution in [0.25, 0.3) is 16.9 Å². The van der Waals surface area contributed by atoms with Crippen molar-refractivity contribution in [3.8, 4) is 22.7 Å². The molecule has 4 aromatic rings. The second-order valence-electron chi connectivity index (χ2n) is 10.8. The van der Waals surface area contributed by atoms with Gasteiger partial charge in [-0.25, -0.2) is 9.07 Å². The van der Waals surface area contributed by atoms with Crippen molar-refractivity contribution in [2.24, 2.45) is 0 Å². The van der Waals surface area contributed by atoms with E-state index < -0.39 is 5.25 Å². The van der Waals surface area contributed by atoms with Gasteiger partial charge in [0, 0.05) is 29.8 Å². The number of fused-ring (bicyclic) bond motifs is 1. The van der Waals surface area contributed by atoms with Crippen molar-refractivity contribution in [2.45, 2.75) is 31.3 Å². The van der Waals surface area contributed by atoms with E-state index in [0.717, 1.165) is 5.56 Å². The lowest BCUT2D eigenvalue weighted by Crippen LogP contribution is -2.52. The number of ether oxygens (including phenoxy) is 2. The molecule has 1 saturated heterocycles. The predicted octanol–water partition coefficient (Wildman–Crippen LogP) is 5.49. The van der Waals surface area contributed by atoms with Crippen LogP contribution in [0.15, 0.2) is 78.9 Å². The summed E-state index contributed by atoms with van der Waals surface area (Å²) in [6, 6.07) is 23.6. The quantitative estimate of drug-likeness (QED) is 0.291. The van der Waals surface area contributed by atoms with Crippen molar-refractivity contribution >= 4 is 29.4 Å². The van der Waals surface area contributed by atoms with Crippen LogP contribution < -0.4 is 9.64 Å². The molecule has 0 spiro atoms. The molecule has 2 amide bonds. The number of hydrogen-bond acceptors (Lipinski definition) is 6. The third kappa shape index (κ3) is 5.77. The van der Waals surface area contributed by atoms with E-state index in [9.17, 15) is 9.59 Å². The molecule has 222 valence electrons. The Hall–Kier alpha value is -4.15. The summed E-state index contributed by atoms with van der Waals surface area (Å²) in [5.74, 6) is 0.392. The smallest absolute Gasteiger partial charge is 0.242 e. The van der Waals surface area contributed by atoms with Crippen LogP contribution in [-0.2, 0) is 14.3 Å². The molecule has 0 radical (unpaired) electrons. The van der Waals surface area contributed by atoms with Crippen molar-refractivity contribution in [2.75, 3.05) is 37.4 Å². The van der Waals surface area contributed by atoms with Crippen molar-refractivity contribution in [1.29, 1.82) is 0 Å². The maximum atomic E-state index is 15.4. The van der Waals surface area contributed by atoms with Crippen LogP contribution in [0, 0.1) is 5.82 Å². The second-order valence-corrected chi connectivity index (χ2v) is 11.9. The van der Waals surface area contributed by atoms with Crippen molar-refractivity contribution < 1.29 is 23.5 Å². The van der Waals surface area contributed by atoms with E-state index in [0.29, 0.717) is 47.2 Å². The standard InChI is InChI=1S/C33H33FN4O4S/c1-21-17-36(18-22(2)42-21)28(39)19-37-29(40)20-43-32(26-11-7-8-12-27(26)34)30-31(23-9-5-4-6-10-23)35-38(33(30)37)24-13-15-25(41-3)16-14-24/h4-16,21-22,32H,17-20H2,1-3H3. The number of methoxy groups -OCH3 is 1. The summed E-state index contributed by atoms with van der Waals surface area (Å²) < 4.78 is 28.4. The van der Waals surface area contributed by atoms with Crippen LogP contribution in [0.2, 0.25) is 0 Å². The number of amides is 2. The zero-order chi connectivity index (χ0) is 30.1. The molecule has 1 fully saturated rings. The number of aromatic nitrogens is 2. The number of rotatable bonds is 6. The fourth-order valence-corrected chi connectivity index (χ4v) is 7.00. The number of benzene rings is 3. The molecule has 6 rings (SSSR count). The molecular weight excluding hydrogens is 567 g/mol. The van der Waals surface area contributed by atoms with Crippen LogP contribution in [0.1, 0.15) is 30.2 Å². The lowest BCUT2D eigenvalue weighted by atomic mass is 9.99. The Balaban J connectivity index is 1.56. The molecule has 3 atom stereocenters. The average molecular weight is 601 g/mol. The highest BCUT2D eigenvalue weighted by Gasteiger charge is 2.39. The molecule has 0 N–H and O–H groups in total. The Labute approximate surface area is 254 Å². The van der Waals surface area contributed by atoms with E-state index in [1.165, 1.54) is 22.7 Å². The third-order valence-corrected chi connectivity index (χ3v) is 8.94. The number of nitrogens with zero attached hydrogens (tertiary/aromatic N) is 4. The number of halogens is 1. The lowest BCUT2D eigenvalue weighted by Gasteiger charge is -2.36. The highest BCUT2D eigenvalue weighted by molar-refractivity contribution is 8.00. The Kier molecular flexibility index (Phi) is 8.23. The van der Waals surface area contributed by atoms with Gasteiger partial charge in [-0.3, -0.25) is 14.5 Å². The van der Waals surface area contributed by atoms with Gasteiger partial charge in [0.2, 0.25) is 11.8 Å². The molecule has 0 bridgehead atoms. The van der Waals surface area contributed by atoms with Gasteiger partial charge in [0.15, 0.2) is 0 Å². The van der Waals surface area contributed by atoms with Crippen LogP contribution in [0.5, 0.6) is 5.75 Å². The molecule has 8 nitrogen and oxygen atoms in total. The SMILES string of the molecule is COc1ccc(-n2nc(-c3ccccc3)c3c2N(CC(=O)N2CC(C)OC(C)C2)C(=O)CSC3c2ccccc2F)cc1. The number of carbonyl (C=O) groups excluding carboxylic acids is 2. The van der Waals surface area contributed by atoms with Gasteiger partial charge in [0.25, 0.3) is 0 Å². The van der Waals surface area contributed by atoms with Crippen LogP contribution in [0.4, 0.5) is 10.2 Å². The first-order valence-corrected chi connectivity index (χ1v) is 15.3. The number of thioether (sulfide) groups is 1. The highest BCUT2D eigenvalue weighted by Crippen LogP contribution is 2.49. The van der Waals surface area contributed by atoms with Crippen molar-refractivity contribution in [3.63, 3.8) is 0 Å². The normalized spacial score (nSPS) is 20.5. The first-order valence-electron chi connectivity index (χ1n) is 14.3. The molecule has 2 aliphatic heterocycles. The van der Waals surface area contributed by atoms with Gasteiger partial charge in [-0.05, 0) is 44.2 Å². The van der Waals surface area contributed by atoms with Crippen LogP contribution >= 0.6 is 11.8 Å². The zero-order valence-corrected chi connectivity index (χ0v) is 25.1. The van der Waals surface area contributed by atoms with Gasteiger partial charge < -0.3 is 14.4 Å². The maximum absolute atomic E-state index is 15.4. The monoisotopic (exact) mass is 600 g/mol. The molecular formula is C33H33FN4O4S. The molecule has 3 heterocycles. The topological polar surface area (TPSA) is 76.9 Å². The number of hydrogen-bond donors (Lipinski definition) is 0. The molecule has 3 unspecified atom stereocenters. The largest absolute Gasteiger partial charge is 0.497 e. The zero-order valence-electron chi connectivity index (χ0n) is 24.3. The Bertz CT molecular complexity index is 1620. The summed E-state index contributed by atoms with van der Waals surface area (Å²) in [6.45, 7) is 4.58. The molecule has 0 aliphatic carbocycles. The van der Waals surface area contributed by atoms with E-state index in [4.69, 9.17) is 14.6 Å². The number of carbonyl (C=O) groups is 2. The number of anilines is 1. The van der Waals surface area contributed by atoms with E-state index in [1.54, 1.807) is 34.9 Å². The van der Waals surface area contributed by atoms with Crippen LogP contribution in [-0.4, -0.2) is 71.2 Å². The van der Waals surface area contributed by atoms with Crippen LogP contribution in [0.3, 0.4) is 0 Å². The average Bonchev–Trinajstić information content (AvgIpc) is 3.34. The molecule has 10 heteroatoms. The van der Waals surface area contributed by atoms with Gasteiger partial charge in [0.1, 0.15) is 23.9 Å². The predicted molar refractivity (Wildman–Crippen MR) is 165 cm³/mol. The third-order valence-electron chi connectivity index (χ3n) is 7.71. The van der Waals surface area contributed by atoms with Gasteiger partial charge in [-0.1, -0.05) is 48.5 Å². The molecule has 0 saturated carbocycles. The van der Waals surface area contributed by atoms with Gasteiger partial charge in [-0.2, -0.15) is 5.10 Å². The highest BCUT2D eigenvalue weighted by atomic mass is 32.2. The van der Waals surface area contributed by atoms with Crippen molar-refractivity contribution in [1.82, 2.24) is 14.7 Å². The van der Waals surface area contributed by atoms with Crippen molar-refractivity contribution in [3.05, 3.63) is 95.8 Å². The molecule has 2 aliphatic rings. The second kappa shape index (κ2) is 12.2. The molecule has 1 aromatic heterocycles. The summed E-state index contributed by atoms with van der Waals surface area (Å²) in [5.41, 5.74) is 3.26. The van der Waals surface area contributed by atoms with Gasteiger partial charge in [0.05, 0.1) is 41.7 Å². The minimum Gasteiger partial charge on any atom is -0.497 e. The lowest BCUT2D eigenvalue weighted by molar-refractivity contribution is -0.142. The maximum Gasteiger partial charge on any atom is 0.242 e.